The zero-order valence-corrected chi connectivity index (χ0v) is 13.8. The van der Waals surface area contributed by atoms with E-state index < -0.39 is 0 Å². The van der Waals surface area contributed by atoms with Crippen LogP contribution in [0.1, 0.15) is 42.4 Å². The molecular formula is C18H19N5O. The highest BCUT2D eigenvalue weighted by molar-refractivity contribution is 5.48. The smallest absolute Gasteiger partial charge is 0.171 e. The third-order valence-electron chi connectivity index (χ3n) is 4.19. The molecule has 1 aliphatic heterocycles. The minimum Gasteiger partial charge on any atom is -0.453 e. The molecule has 1 aromatic heterocycles. The van der Waals surface area contributed by atoms with Crippen molar-refractivity contribution in [1.82, 2.24) is 15.1 Å². The number of hydrogen-bond acceptors (Lipinski definition) is 5. The van der Waals surface area contributed by atoms with Gasteiger partial charge in [-0.25, -0.2) is 0 Å². The van der Waals surface area contributed by atoms with Gasteiger partial charge < -0.3 is 10.1 Å². The molecule has 0 atom stereocenters. The molecule has 1 N–H and O–H groups in total. The van der Waals surface area contributed by atoms with Gasteiger partial charge in [-0.05, 0) is 31.0 Å². The van der Waals surface area contributed by atoms with E-state index in [0.29, 0.717) is 22.9 Å². The average molecular weight is 321 g/mol. The van der Waals surface area contributed by atoms with E-state index in [4.69, 9.17) is 20.4 Å². The van der Waals surface area contributed by atoms with E-state index in [0.717, 1.165) is 43.1 Å². The summed E-state index contributed by atoms with van der Waals surface area (Å²) in [5, 5.41) is 26.2. The number of nitrogens with zero attached hydrogens (tertiary/aromatic N) is 4. The number of ether oxygens (including phenoxy) is 1. The average Bonchev–Trinajstić information content (AvgIpc) is 2.89. The Balaban J connectivity index is 2.02. The van der Waals surface area contributed by atoms with Crippen LogP contribution in [0.2, 0.25) is 0 Å². The van der Waals surface area contributed by atoms with Gasteiger partial charge in [0.25, 0.3) is 0 Å². The first-order chi connectivity index (χ1) is 11.7. The van der Waals surface area contributed by atoms with Gasteiger partial charge in [-0.3, -0.25) is 4.68 Å². The van der Waals surface area contributed by atoms with Gasteiger partial charge in [-0.1, -0.05) is 13.8 Å². The highest BCUT2D eigenvalue weighted by Crippen LogP contribution is 2.33. The molecule has 0 spiro atoms. The first kappa shape index (κ1) is 16.0. The largest absolute Gasteiger partial charge is 0.453 e. The van der Waals surface area contributed by atoms with Crippen molar-refractivity contribution in [3.8, 4) is 23.6 Å². The molecule has 2 aromatic rings. The number of hydrogen-bond donors (Lipinski definition) is 1. The van der Waals surface area contributed by atoms with Crippen molar-refractivity contribution < 1.29 is 4.74 Å². The highest BCUT2D eigenvalue weighted by atomic mass is 16.5. The molecule has 0 bridgehead atoms. The molecular weight excluding hydrogens is 302 g/mol. The van der Waals surface area contributed by atoms with Crippen LogP contribution in [-0.4, -0.2) is 22.9 Å². The second kappa shape index (κ2) is 6.74. The summed E-state index contributed by atoms with van der Waals surface area (Å²) in [6.45, 7) is 5.96. The Morgan fingerprint density at radius 3 is 2.29 bits per heavy atom. The molecule has 0 amide bonds. The molecule has 1 aromatic carbocycles. The molecule has 1 aliphatic rings. The van der Waals surface area contributed by atoms with Crippen molar-refractivity contribution in [3.05, 3.63) is 40.7 Å². The number of aromatic nitrogens is 2. The molecule has 3 rings (SSSR count). The fourth-order valence-corrected chi connectivity index (χ4v) is 2.83. The quantitative estimate of drug-likeness (QED) is 0.915. The Morgan fingerprint density at radius 2 is 1.83 bits per heavy atom. The molecule has 6 nitrogen and oxygen atoms in total. The molecule has 1 saturated heterocycles. The van der Waals surface area contributed by atoms with Crippen molar-refractivity contribution in [2.45, 2.75) is 32.7 Å². The third kappa shape index (κ3) is 2.84. The summed E-state index contributed by atoms with van der Waals surface area (Å²) in [4.78, 5) is 0. The maximum Gasteiger partial charge on any atom is 0.171 e. The van der Waals surface area contributed by atoms with E-state index in [1.165, 1.54) is 0 Å². The first-order valence-electron chi connectivity index (χ1n) is 8.14. The van der Waals surface area contributed by atoms with Gasteiger partial charge in [-0.15, -0.1) is 0 Å². The summed E-state index contributed by atoms with van der Waals surface area (Å²) in [6.07, 6.45) is 1.57. The Labute approximate surface area is 141 Å². The predicted molar refractivity (Wildman–Crippen MR) is 88.8 cm³/mol. The molecule has 2 heterocycles. The van der Waals surface area contributed by atoms with Crippen LogP contribution in [0.4, 0.5) is 0 Å². The number of nitrogens with one attached hydrogen (secondary N) is 1. The van der Waals surface area contributed by atoms with Crippen LogP contribution < -0.4 is 10.1 Å². The standard InChI is InChI=1S/C18H19N5O/c1-3-16-18(17(4-2)23(22-16)14-10-21-11-14)24-15-6-12(8-19)5-13(7-15)9-20/h5-7,14,21H,3-4,10-11H2,1-2H3. The molecule has 0 aliphatic carbocycles. The molecule has 0 radical (unpaired) electrons. The minimum absolute atomic E-state index is 0.364. The maximum atomic E-state index is 9.13. The summed E-state index contributed by atoms with van der Waals surface area (Å²) in [7, 11) is 0. The van der Waals surface area contributed by atoms with Crippen LogP contribution in [0.15, 0.2) is 18.2 Å². The van der Waals surface area contributed by atoms with E-state index in [1.54, 1.807) is 18.2 Å². The van der Waals surface area contributed by atoms with Gasteiger partial charge in [0.15, 0.2) is 5.75 Å². The van der Waals surface area contributed by atoms with E-state index in [2.05, 4.69) is 29.1 Å². The van der Waals surface area contributed by atoms with Crippen LogP contribution in [0, 0.1) is 22.7 Å². The predicted octanol–water partition coefficient (Wildman–Crippen LogP) is 2.69. The van der Waals surface area contributed by atoms with Crippen molar-refractivity contribution >= 4 is 0 Å². The first-order valence-corrected chi connectivity index (χ1v) is 8.14. The highest BCUT2D eigenvalue weighted by Gasteiger charge is 2.26. The van der Waals surface area contributed by atoms with E-state index in [1.807, 2.05) is 6.92 Å². The van der Waals surface area contributed by atoms with E-state index in [9.17, 15) is 0 Å². The van der Waals surface area contributed by atoms with E-state index in [-0.39, 0.29) is 0 Å². The Bertz CT molecular complexity index is 804. The Morgan fingerprint density at radius 1 is 1.17 bits per heavy atom. The third-order valence-corrected chi connectivity index (χ3v) is 4.19. The van der Waals surface area contributed by atoms with Gasteiger partial charge >= 0.3 is 0 Å². The molecule has 0 unspecified atom stereocenters. The summed E-state index contributed by atoms with van der Waals surface area (Å²) in [6, 6.07) is 9.36. The topological polar surface area (TPSA) is 86.7 Å². The summed E-state index contributed by atoms with van der Waals surface area (Å²) < 4.78 is 8.16. The molecule has 0 saturated carbocycles. The van der Waals surface area contributed by atoms with Crippen LogP contribution >= 0.6 is 0 Å². The summed E-state index contributed by atoms with van der Waals surface area (Å²) in [5.41, 5.74) is 2.78. The van der Waals surface area contributed by atoms with Crippen LogP contribution in [0.25, 0.3) is 0 Å². The van der Waals surface area contributed by atoms with Crippen LogP contribution in [0.3, 0.4) is 0 Å². The molecule has 6 heteroatoms. The lowest BCUT2D eigenvalue weighted by molar-refractivity contribution is 0.308. The zero-order chi connectivity index (χ0) is 17.1. The molecule has 1 fully saturated rings. The van der Waals surface area contributed by atoms with Gasteiger partial charge in [-0.2, -0.15) is 15.6 Å². The summed E-state index contributed by atoms with van der Waals surface area (Å²) >= 11 is 0. The fourth-order valence-electron chi connectivity index (χ4n) is 2.83. The monoisotopic (exact) mass is 321 g/mol. The lowest BCUT2D eigenvalue weighted by Gasteiger charge is -2.28. The Hall–Kier alpha value is -2.83. The number of benzene rings is 1. The lowest BCUT2D eigenvalue weighted by atomic mass is 10.1. The van der Waals surface area contributed by atoms with Crippen molar-refractivity contribution in [2.24, 2.45) is 0 Å². The van der Waals surface area contributed by atoms with Gasteiger partial charge in [0.1, 0.15) is 11.4 Å². The zero-order valence-electron chi connectivity index (χ0n) is 13.8. The maximum absolute atomic E-state index is 9.13. The SMILES string of the molecule is CCc1nn(C2CNC2)c(CC)c1Oc1cc(C#N)cc(C#N)c1. The van der Waals surface area contributed by atoms with Crippen LogP contribution in [-0.2, 0) is 12.8 Å². The van der Waals surface area contributed by atoms with E-state index >= 15 is 0 Å². The van der Waals surface area contributed by atoms with Gasteiger partial charge in [0.05, 0.1) is 35.0 Å². The number of aryl methyl sites for hydroxylation is 1. The van der Waals surface area contributed by atoms with Crippen LogP contribution in [0.5, 0.6) is 11.5 Å². The number of rotatable bonds is 5. The lowest BCUT2D eigenvalue weighted by Crippen LogP contribution is -2.44. The van der Waals surface area contributed by atoms with Gasteiger partial charge in [0.2, 0.25) is 0 Å². The van der Waals surface area contributed by atoms with Gasteiger partial charge in [0, 0.05) is 13.1 Å². The molecule has 24 heavy (non-hydrogen) atoms. The fraction of sp³-hybridized carbons (Fsp3) is 0.389. The van der Waals surface area contributed by atoms with Crippen molar-refractivity contribution in [2.75, 3.05) is 13.1 Å². The van der Waals surface area contributed by atoms with Crippen molar-refractivity contribution in [3.63, 3.8) is 0 Å². The minimum atomic E-state index is 0.364. The Kier molecular flexibility index (Phi) is 4.50. The van der Waals surface area contributed by atoms with Crippen molar-refractivity contribution in [1.29, 1.82) is 10.5 Å². The second-order valence-corrected chi connectivity index (χ2v) is 5.76. The normalized spacial score (nSPS) is 13.8. The molecule has 122 valence electrons. The number of nitriles is 2. The second-order valence-electron chi connectivity index (χ2n) is 5.76. The summed E-state index contributed by atoms with van der Waals surface area (Å²) in [5.74, 6) is 1.26.